The Balaban J connectivity index is 2.67. The van der Waals surface area contributed by atoms with Crippen molar-refractivity contribution in [1.82, 2.24) is 0 Å². The molecule has 1 aromatic carbocycles. The summed E-state index contributed by atoms with van der Waals surface area (Å²) in [6, 6.07) is 5.73. The van der Waals surface area contributed by atoms with E-state index in [0.717, 1.165) is 24.2 Å². The number of ether oxygens (including phenoxy) is 3. The number of methoxy groups -OCH3 is 3. The Morgan fingerprint density at radius 2 is 1.94 bits per heavy atom. The summed E-state index contributed by atoms with van der Waals surface area (Å²) in [6.45, 7) is 0. The number of carbonyl (C=O) groups is 1. The number of esters is 1. The van der Waals surface area contributed by atoms with E-state index in [4.69, 9.17) is 9.47 Å². The SMILES string of the molecule is COC(=O)CCCc1cccc(OC)c1OC. The molecule has 0 saturated carbocycles. The van der Waals surface area contributed by atoms with Crippen LogP contribution in [0.5, 0.6) is 11.5 Å². The molecule has 0 amide bonds. The molecule has 94 valence electrons. The lowest BCUT2D eigenvalue weighted by atomic mass is 10.1. The van der Waals surface area contributed by atoms with Crippen molar-refractivity contribution >= 4 is 5.97 Å². The maximum Gasteiger partial charge on any atom is 0.305 e. The molecular weight excluding hydrogens is 220 g/mol. The Labute approximate surface area is 101 Å². The molecule has 0 fully saturated rings. The van der Waals surface area contributed by atoms with Crippen LogP contribution in [0.4, 0.5) is 0 Å². The van der Waals surface area contributed by atoms with Crippen molar-refractivity contribution < 1.29 is 19.0 Å². The molecule has 1 rings (SSSR count). The average Bonchev–Trinajstić information content (AvgIpc) is 2.37. The van der Waals surface area contributed by atoms with Gasteiger partial charge in [0.25, 0.3) is 0 Å². The molecular formula is C13H18O4. The van der Waals surface area contributed by atoms with Crippen molar-refractivity contribution in [2.45, 2.75) is 19.3 Å². The van der Waals surface area contributed by atoms with Crippen LogP contribution in [-0.4, -0.2) is 27.3 Å². The second-order valence-corrected chi connectivity index (χ2v) is 3.58. The first-order valence-corrected chi connectivity index (χ1v) is 5.49. The van der Waals surface area contributed by atoms with Gasteiger partial charge in [-0.3, -0.25) is 4.79 Å². The van der Waals surface area contributed by atoms with Crippen molar-refractivity contribution in [2.24, 2.45) is 0 Å². The Morgan fingerprint density at radius 3 is 2.53 bits per heavy atom. The number of aryl methyl sites for hydroxylation is 1. The van der Waals surface area contributed by atoms with Crippen molar-refractivity contribution in [3.05, 3.63) is 23.8 Å². The fourth-order valence-electron chi connectivity index (χ4n) is 1.68. The highest BCUT2D eigenvalue weighted by Gasteiger charge is 2.09. The lowest BCUT2D eigenvalue weighted by molar-refractivity contribution is -0.140. The van der Waals surface area contributed by atoms with Gasteiger partial charge in [-0.1, -0.05) is 12.1 Å². The average molecular weight is 238 g/mol. The van der Waals surface area contributed by atoms with Crippen LogP contribution in [0.25, 0.3) is 0 Å². The van der Waals surface area contributed by atoms with Gasteiger partial charge in [-0.2, -0.15) is 0 Å². The van der Waals surface area contributed by atoms with E-state index < -0.39 is 0 Å². The van der Waals surface area contributed by atoms with Gasteiger partial charge >= 0.3 is 5.97 Å². The van der Waals surface area contributed by atoms with Gasteiger partial charge in [0.1, 0.15) is 0 Å². The predicted octanol–water partition coefficient (Wildman–Crippen LogP) is 2.20. The van der Waals surface area contributed by atoms with E-state index in [1.165, 1.54) is 7.11 Å². The van der Waals surface area contributed by atoms with E-state index in [9.17, 15) is 4.79 Å². The standard InChI is InChI=1S/C13H18O4/c1-15-11-8-4-6-10(13(11)17-3)7-5-9-12(14)16-2/h4,6,8H,5,7,9H2,1-3H3. The van der Waals surface area contributed by atoms with E-state index in [1.54, 1.807) is 14.2 Å². The van der Waals surface area contributed by atoms with Crippen molar-refractivity contribution in [1.29, 1.82) is 0 Å². The maximum absolute atomic E-state index is 11.0. The second kappa shape index (κ2) is 6.78. The third-order valence-corrected chi connectivity index (χ3v) is 2.54. The zero-order valence-electron chi connectivity index (χ0n) is 10.5. The number of hydrogen-bond donors (Lipinski definition) is 0. The van der Waals surface area contributed by atoms with Crippen LogP contribution in [0.1, 0.15) is 18.4 Å². The van der Waals surface area contributed by atoms with Crippen LogP contribution in [-0.2, 0) is 16.0 Å². The summed E-state index contributed by atoms with van der Waals surface area (Å²) in [6.07, 6.45) is 1.91. The predicted molar refractivity (Wildman–Crippen MR) is 64.5 cm³/mol. The van der Waals surface area contributed by atoms with Gasteiger partial charge in [0.2, 0.25) is 0 Å². The lowest BCUT2D eigenvalue weighted by Crippen LogP contribution is -2.01. The first kappa shape index (κ1) is 13.4. The zero-order valence-corrected chi connectivity index (χ0v) is 10.5. The fourth-order valence-corrected chi connectivity index (χ4v) is 1.68. The van der Waals surface area contributed by atoms with E-state index in [1.807, 2.05) is 18.2 Å². The van der Waals surface area contributed by atoms with E-state index in [2.05, 4.69) is 4.74 Å². The number of carbonyl (C=O) groups excluding carboxylic acids is 1. The molecule has 17 heavy (non-hydrogen) atoms. The smallest absolute Gasteiger partial charge is 0.305 e. The molecule has 0 atom stereocenters. The van der Waals surface area contributed by atoms with Crippen LogP contribution < -0.4 is 9.47 Å². The number of hydrogen-bond acceptors (Lipinski definition) is 4. The molecule has 0 aliphatic rings. The monoisotopic (exact) mass is 238 g/mol. The molecule has 0 aliphatic heterocycles. The van der Waals surface area contributed by atoms with Crippen LogP contribution in [0.3, 0.4) is 0 Å². The summed E-state index contributed by atoms with van der Waals surface area (Å²) in [5, 5.41) is 0. The molecule has 4 heteroatoms. The van der Waals surface area contributed by atoms with Crippen LogP contribution >= 0.6 is 0 Å². The van der Waals surface area contributed by atoms with E-state index in [-0.39, 0.29) is 5.97 Å². The van der Waals surface area contributed by atoms with Crippen LogP contribution in [0, 0.1) is 0 Å². The highest BCUT2D eigenvalue weighted by molar-refractivity contribution is 5.69. The zero-order chi connectivity index (χ0) is 12.7. The van der Waals surface area contributed by atoms with Gasteiger partial charge in [0, 0.05) is 6.42 Å². The molecule has 0 aliphatic carbocycles. The van der Waals surface area contributed by atoms with E-state index in [0.29, 0.717) is 12.2 Å². The number of benzene rings is 1. The third-order valence-electron chi connectivity index (χ3n) is 2.54. The largest absolute Gasteiger partial charge is 0.493 e. The van der Waals surface area contributed by atoms with Gasteiger partial charge in [-0.15, -0.1) is 0 Å². The molecule has 1 aromatic rings. The van der Waals surface area contributed by atoms with E-state index >= 15 is 0 Å². The fraction of sp³-hybridized carbons (Fsp3) is 0.462. The highest BCUT2D eigenvalue weighted by Crippen LogP contribution is 2.31. The van der Waals surface area contributed by atoms with Gasteiger partial charge in [0.15, 0.2) is 11.5 Å². The third kappa shape index (κ3) is 3.66. The van der Waals surface area contributed by atoms with Gasteiger partial charge in [-0.25, -0.2) is 0 Å². The summed E-state index contributed by atoms with van der Waals surface area (Å²) in [5.74, 6) is 1.26. The van der Waals surface area contributed by atoms with Gasteiger partial charge in [0.05, 0.1) is 21.3 Å². The summed E-state index contributed by atoms with van der Waals surface area (Å²) >= 11 is 0. The Kier molecular flexibility index (Phi) is 5.33. The van der Waals surface area contributed by atoms with Crippen molar-refractivity contribution in [2.75, 3.05) is 21.3 Å². The summed E-state index contributed by atoms with van der Waals surface area (Å²) in [7, 11) is 4.62. The number of rotatable bonds is 6. The quantitative estimate of drug-likeness (QED) is 0.713. The van der Waals surface area contributed by atoms with Gasteiger partial charge < -0.3 is 14.2 Å². The lowest BCUT2D eigenvalue weighted by Gasteiger charge is -2.12. The van der Waals surface area contributed by atoms with Crippen molar-refractivity contribution in [3.63, 3.8) is 0 Å². The molecule has 0 radical (unpaired) electrons. The van der Waals surface area contributed by atoms with Gasteiger partial charge in [-0.05, 0) is 24.5 Å². The second-order valence-electron chi connectivity index (χ2n) is 3.58. The molecule has 0 saturated heterocycles. The Hall–Kier alpha value is -1.71. The minimum absolute atomic E-state index is 0.188. The minimum atomic E-state index is -0.188. The molecule has 4 nitrogen and oxygen atoms in total. The van der Waals surface area contributed by atoms with Crippen LogP contribution in [0.15, 0.2) is 18.2 Å². The first-order chi connectivity index (χ1) is 8.22. The summed E-state index contributed by atoms with van der Waals surface area (Å²) < 4.78 is 15.1. The Bertz CT molecular complexity index is 374. The molecule has 0 aromatic heterocycles. The molecule has 0 spiro atoms. The summed E-state index contributed by atoms with van der Waals surface area (Å²) in [5.41, 5.74) is 1.04. The molecule has 0 unspecified atom stereocenters. The normalized spacial score (nSPS) is 9.82. The van der Waals surface area contributed by atoms with Crippen molar-refractivity contribution in [3.8, 4) is 11.5 Å². The Morgan fingerprint density at radius 1 is 1.18 bits per heavy atom. The molecule has 0 N–H and O–H groups in total. The first-order valence-electron chi connectivity index (χ1n) is 5.49. The molecule has 0 bridgehead atoms. The summed E-state index contributed by atoms with van der Waals surface area (Å²) in [4.78, 5) is 11.0. The topological polar surface area (TPSA) is 44.8 Å². The van der Waals surface area contributed by atoms with Crippen LogP contribution in [0.2, 0.25) is 0 Å². The maximum atomic E-state index is 11.0. The number of para-hydroxylation sites is 1. The minimum Gasteiger partial charge on any atom is -0.493 e. The molecule has 0 heterocycles. The highest BCUT2D eigenvalue weighted by atomic mass is 16.5.